The van der Waals surface area contributed by atoms with Crippen LogP contribution in [0.15, 0.2) is 54.6 Å². The van der Waals surface area contributed by atoms with Crippen molar-refractivity contribution in [2.75, 3.05) is 32.1 Å². The summed E-state index contributed by atoms with van der Waals surface area (Å²) in [5, 5.41) is 3.00. The predicted octanol–water partition coefficient (Wildman–Crippen LogP) is 2.89. The largest absolute Gasteiger partial charge is 0.378 e. The van der Waals surface area contributed by atoms with E-state index in [-0.39, 0.29) is 5.91 Å². The Morgan fingerprint density at radius 2 is 1.62 bits per heavy atom. The van der Waals surface area contributed by atoms with Gasteiger partial charge in [-0.15, -0.1) is 0 Å². The third-order valence-corrected chi connectivity index (χ3v) is 4.01. The zero-order valence-corrected chi connectivity index (χ0v) is 14.8. The summed E-state index contributed by atoms with van der Waals surface area (Å²) in [6.45, 7) is 4.70. The van der Waals surface area contributed by atoms with Crippen molar-refractivity contribution in [2.45, 2.75) is 20.0 Å². The topological polar surface area (TPSA) is 35.6 Å². The van der Waals surface area contributed by atoms with Crippen LogP contribution in [0.3, 0.4) is 0 Å². The van der Waals surface area contributed by atoms with E-state index in [1.807, 2.05) is 32.3 Å². The third-order valence-electron chi connectivity index (χ3n) is 4.01. The minimum absolute atomic E-state index is 0.0597. The zero-order valence-electron chi connectivity index (χ0n) is 14.8. The molecule has 4 nitrogen and oxygen atoms in total. The molecule has 0 fully saturated rings. The van der Waals surface area contributed by atoms with Gasteiger partial charge in [-0.2, -0.15) is 0 Å². The highest BCUT2D eigenvalue weighted by molar-refractivity contribution is 5.78. The smallest absolute Gasteiger partial charge is 0.234 e. The van der Waals surface area contributed by atoms with Gasteiger partial charge in [-0.25, -0.2) is 0 Å². The van der Waals surface area contributed by atoms with Crippen molar-refractivity contribution in [1.29, 1.82) is 0 Å². The fraction of sp³-hybridized carbons (Fsp3) is 0.350. The molecule has 2 rings (SSSR count). The number of amides is 1. The molecule has 0 radical (unpaired) electrons. The Bertz CT molecular complexity index is 623. The van der Waals surface area contributed by atoms with Gasteiger partial charge in [0.15, 0.2) is 0 Å². The summed E-state index contributed by atoms with van der Waals surface area (Å²) < 4.78 is 0. The Hall–Kier alpha value is -2.33. The van der Waals surface area contributed by atoms with Crippen molar-refractivity contribution in [1.82, 2.24) is 10.2 Å². The van der Waals surface area contributed by atoms with Crippen LogP contribution in [0.1, 0.15) is 18.1 Å². The van der Waals surface area contributed by atoms with Crippen molar-refractivity contribution in [2.24, 2.45) is 0 Å². The van der Waals surface area contributed by atoms with E-state index in [2.05, 4.69) is 58.4 Å². The molecule has 0 aliphatic rings. The van der Waals surface area contributed by atoms with Gasteiger partial charge < -0.3 is 10.2 Å². The second-order valence-electron chi connectivity index (χ2n) is 6.13. The van der Waals surface area contributed by atoms with E-state index in [1.54, 1.807) is 0 Å². The van der Waals surface area contributed by atoms with Crippen molar-refractivity contribution in [3.05, 3.63) is 65.7 Å². The monoisotopic (exact) mass is 325 g/mol. The Morgan fingerprint density at radius 1 is 0.958 bits per heavy atom. The van der Waals surface area contributed by atoms with Crippen LogP contribution in [0.25, 0.3) is 0 Å². The summed E-state index contributed by atoms with van der Waals surface area (Å²) in [5.41, 5.74) is 3.50. The summed E-state index contributed by atoms with van der Waals surface area (Å²) in [6.07, 6.45) is 0. The first-order valence-electron chi connectivity index (χ1n) is 8.37. The minimum Gasteiger partial charge on any atom is -0.378 e. The van der Waals surface area contributed by atoms with Crippen LogP contribution in [0, 0.1) is 0 Å². The number of carbonyl (C=O) groups excluding carboxylic acids is 1. The molecule has 0 heterocycles. The molecule has 0 aromatic heterocycles. The molecule has 2 aromatic rings. The average molecular weight is 325 g/mol. The fourth-order valence-corrected chi connectivity index (χ4v) is 2.49. The van der Waals surface area contributed by atoms with E-state index >= 15 is 0 Å². The lowest BCUT2D eigenvalue weighted by atomic mass is 10.2. The number of nitrogens with zero attached hydrogens (tertiary/aromatic N) is 2. The Kier molecular flexibility index (Phi) is 6.82. The van der Waals surface area contributed by atoms with Crippen LogP contribution in [0.4, 0.5) is 5.69 Å². The van der Waals surface area contributed by atoms with Gasteiger partial charge in [0.05, 0.1) is 6.54 Å². The second-order valence-corrected chi connectivity index (χ2v) is 6.13. The summed E-state index contributed by atoms with van der Waals surface area (Å²) in [6, 6.07) is 18.5. The van der Waals surface area contributed by atoms with Crippen LogP contribution in [0.5, 0.6) is 0 Å². The van der Waals surface area contributed by atoms with Gasteiger partial charge in [-0.1, -0.05) is 49.4 Å². The maximum Gasteiger partial charge on any atom is 0.234 e. The lowest BCUT2D eigenvalue weighted by Crippen LogP contribution is -2.36. The van der Waals surface area contributed by atoms with E-state index < -0.39 is 0 Å². The highest BCUT2D eigenvalue weighted by atomic mass is 16.2. The predicted molar refractivity (Wildman–Crippen MR) is 100 cm³/mol. The minimum atomic E-state index is 0.0597. The van der Waals surface area contributed by atoms with Crippen LogP contribution in [-0.2, 0) is 17.9 Å². The summed E-state index contributed by atoms with van der Waals surface area (Å²) in [5.74, 6) is 0.0597. The molecule has 0 saturated carbocycles. The number of benzene rings is 2. The first-order valence-corrected chi connectivity index (χ1v) is 8.37. The lowest BCUT2D eigenvalue weighted by Gasteiger charge is -2.20. The van der Waals surface area contributed by atoms with Gasteiger partial charge >= 0.3 is 0 Å². The summed E-state index contributed by atoms with van der Waals surface area (Å²) in [4.78, 5) is 16.4. The SMILES string of the molecule is CCN(CC(=O)NCc1ccc(N(C)C)cc1)Cc1ccccc1. The number of likely N-dealkylation sites (N-methyl/N-ethyl adjacent to an activating group) is 1. The maximum atomic E-state index is 12.2. The molecule has 128 valence electrons. The standard InChI is InChI=1S/C20H27N3O/c1-4-23(15-18-8-6-5-7-9-18)16-20(24)21-14-17-10-12-19(13-11-17)22(2)3/h5-13H,4,14-16H2,1-3H3,(H,21,24). The quantitative estimate of drug-likeness (QED) is 0.810. The van der Waals surface area contributed by atoms with Crippen LogP contribution in [0.2, 0.25) is 0 Å². The zero-order chi connectivity index (χ0) is 17.4. The van der Waals surface area contributed by atoms with Gasteiger partial charge in [-0.05, 0) is 29.8 Å². The molecule has 1 N–H and O–H groups in total. The van der Waals surface area contributed by atoms with Crippen LogP contribution >= 0.6 is 0 Å². The molecule has 0 spiro atoms. The number of carbonyl (C=O) groups is 1. The van der Waals surface area contributed by atoms with Crippen molar-refractivity contribution >= 4 is 11.6 Å². The molecule has 0 atom stereocenters. The molecule has 0 saturated heterocycles. The van der Waals surface area contributed by atoms with Gasteiger partial charge in [0.25, 0.3) is 0 Å². The van der Waals surface area contributed by atoms with Gasteiger partial charge in [-0.3, -0.25) is 9.69 Å². The van der Waals surface area contributed by atoms with Crippen molar-refractivity contribution < 1.29 is 4.79 Å². The molecule has 4 heteroatoms. The molecular weight excluding hydrogens is 298 g/mol. The first kappa shape index (κ1) is 18.0. The molecule has 0 aliphatic heterocycles. The fourth-order valence-electron chi connectivity index (χ4n) is 2.49. The van der Waals surface area contributed by atoms with Gasteiger partial charge in [0.1, 0.15) is 0 Å². The molecule has 1 amide bonds. The van der Waals surface area contributed by atoms with Crippen molar-refractivity contribution in [3.63, 3.8) is 0 Å². The Balaban J connectivity index is 1.81. The normalized spacial score (nSPS) is 10.7. The Morgan fingerprint density at radius 3 is 2.21 bits per heavy atom. The van der Waals surface area contributed by atoms with Crippen LogP contribution in [-0.4, -0.2) is 38.0 Å². The third kappa shape index (κ3) is 5.70. The average Bonchev–Trinajstić information content (AvgIpc) is 2.60. The van der Waals surface area contributed by atoms with E-state index in [4.69, 9.17) is 0 Å². The molecular formula is C20H27N3O. The molecule has 0 aliphatic carbocycles. The van der Waals surface area contributed by atoms with Gasteiger partial charge in [0.2, 0.25) is 5.91 Å². The molecule has 2 aromatic carbocycles. The molecule has 0 unspecified atom stereocenters. The van der Waals surface area contributed by atoms with E-state index in [1.165, 1.54) is 5.56 Å². The summed E-state index contributed by atoms with van der Waals surface area (Å²) in [7, 11) is 4.03. The van der Waals surface area contributed by atoms with Crippen LogP contribution < -0.4 is 10.2 Å². The highest BCUT2D eigenvalue weighted by Gasteiger charge is 2.09. The van der Waals surface area contributed by atoms with E-state index in [0.717, 1.165) is 24.3 Å². The first-order chi connectivity index (χ1) is 11.6. The molecule has 0 bridgehead atoms. The second kappa shape index (κ2) is 9.08. The number of hydrogen-bond donors (Lipinski definition) is 1. The van der Waals surface area contributed by atoms with Gasteiger partial charge in [0, 0.05) is 32.9 Å². The lowest BCUT2D eigenvalue weighted by molar-refractivity contribution is -0.122. The number of hydrogen-bond acceptors (Lipinski definition) is 3. The van der Waals surface area contributed by atoms with E-state index in [9.17, 15) is 4.79 Å². The number of nitrogens with one attached hydrogen (secondary N) is 1. The van der Waals surface area contributed by atoms with Crippen molar-refractivity contribution in [3.8, 4) is 0 Å². The van der Waals surface area contributed by atoms with E-state index in [0.29, 0.717) is 13.1 Å². The number of rotatable bonds is 8. The maximum absolute atomic E-state index is 12.2. The number of anilines is 1. The highest BCUT2D eigenvalue weighted by Crippen LogP contribution is 2.12. The summed E-state index contributed by atoms with van der Waals surface area (Å²) >= 11 is 0. The molecule has 24 heavy (non-hydrogen) atoms. The Labute approximate surface area is 145 Å².